The third-order valence-electron chi connectivity index (χ3n) is 5.38. The van der Waals surface area contributed by atoms with E-state index in [2.05, 4.69) is 29.2 Å². The van der Waals surface area contributed by atoms with Crippen LogP contribution in [0.3, 0.4) is 0 Å². The Labute approximate surface area is 182 Å². The van der Waals surface area contributed by atoms with Gasteiger partial charge < -0.3 is 14.2 Å². The molecule has 0 radical (unpaired) electrons. The molecule has 4 rings (SSSR count). The van der Waals surface area contributed by atoms with Crippen molar-refractivity contribution in [1.82, 2.24) is 9.80 Å². The maximum Gasteiger partial charge on any atom is 0.236 e. The Morgan fingerprint density at radius 1 is 0.967 bits per heavy atom. The molecule has 1 aliphatic rings. The van der Waals surface area contributed by atoms with Crippen LogP contribution in [0.1, 0.15) is 5.76 Å². The van der Waals surface area contributed by atoms with Crippen molar-refractivity contribution in [2.24, 2.45) is 0 Å². The van der Waals surface area contributed by atoms with E-state index >= 15 is 0 Å². The molecule has 1 aliphatic heterocycles. The molecule has 2 heterocycles. The predicted molar refractivity (Wildman–Crippen MR) is 121 cm³/mol. The van der Waals surface area contributed by atoms with E-state index in [-0.39, 0.29) is 5.91 Å². The van der Waals surface area contributed by atoms with Crippen LogP contribution in [0.4, 0.5) is 5.69 Å². The second-order valence-electron chi connectivity index (χ2n) is 7.65. The van der Waals surface area contributed by atoms with Crippen LogP contribution in [0, 0.1) is 0 Å². The first kappa shape index (κ1) is 20.5. The number of piperazine rings is 1. The minimum absolute atomic E-state index is 0.162. The van der Waals surface area contributed by atoms with Gasteiger partial charge in [-0.1, -0.05) is 29.8 Å². The molecule has 0 aliphatic carbocycles. The van der Waals surface area contributed by atoms with Gasteiger partial charge in [0.2, 0.25) is 5.91 Å². The van der Waals surface area contributed by atoms with Crippen molar-refractivity contribution in [3.8, 4) is 11.3 Å². The fourth-order valence-electron chi connectivity index (χ4n) is 3.74. The van der Waals surface area contributed by atoms with E-state index in [0.717, 1.165) is 43.3 Å². The summed E-state index contributed by atoms with van der Waals surface area (Å²) >= 11 is 5.95. The number of carbonyl (C=O) groups is 1. The monoisotopic (exact) mass is 423 g/mol. The van der Waals surface area contributed by atoms with Crippen molar-refractivity contribution in [2.75, 3.05) is 44.7 Å². The molecule has 5 nitrogen and oxygen atoms in total. The molecule has 0 unspecified atom stereocenters. The van der Waals surface area contributed by atoms with Crippen molar-refractivity contribution in [2.45, 2.75) is 6.54 Å². The summed E-state index contributed by atoms with van der Waals surface area (Å²) in [4.78, 5) is 19.0. The van der Waals surface area contributed by atoms with Crippen LogP contribution in [-0.4, -0.2) is 55.5 Å². The largest absolute Gasteiger partial charge is 0.460 e. The molecule has 0 spiro atoms. The molecular formula is C24H26ClN3O2. The highest BCUT2D eigenvalue weighted by Crippen LogP contribution is 2.24. The molecule has 0 saturated carbocycles. The maximum atomic E-state index is 12.7. The smallest absolute Gasteiger partial charge is 0.236 e. The number of carbonyl (C=O) groups excluding carboxylic acids is 1. The topological polar surface area (TPSA) is 39.9 Å². The number of benzene rings is 2. The van der Waals surface area contributed by atoms with E-state index in [1.807, 2.05) is 59.3 Å². The van der Waals surface area contributed by atoms with Crippen molar-refractivity contribution < 1.29 is 9.21 Å². The average molecular weight is 424 g/mol. The summed E-state index contributed by atoms with van der Waals surface area (Å²) in [5.41, 5.74) is 2.21. The van der Waals surface area contributed by atoms with Gasteiger partial charge in [-0.3, -0.25) is 9.69 Å². The third kappa shape index (κ3) is 5.04. The van der Waals surface area contributed by atoms with Gasteiger partial charge in [-0.25, -0.2) is 0 Å². The molecule has 30 heavy (non-hydrogen) atoms. The van der Waals surface area contributed by atoms with Gasteiger partial charge in [0.05, 0.1) is 13.1 Å². The number of para-hydroxylation sites is 1. The Bertz CT molecular complexity index is 964. The molecule has 2 aromatic carbocycles. The summed E-state index contributed by atoms with van der Waals surface area (Å²) in [6.07, 6.45) is 0. The van der Waals surface area contributed by atoms with Crippen LogP contribution in [0.5, 0.6) is 0 Å². The lowest BCUT2D eigenvalue weighted by Gasteiger charge is -2.36. The van der Waals surface area contributed by atoms with Crippen molar-refractivity contribution in [1.29, 1.82) is 0 Å². The fourth-order valence-corrected chi connectivity index (χ4v) is 3.86. The van der Waals surface area contributed by atoms with Gasteiger partial charge in [0.1, 0.15) is 11.5 Å². The Morgan fingerprint density at radius 2 is 1.67 bits per heavy atom. The molecule has 0 bridgehead atoms. The quantitative estimate of drug-likeness (QED) is 0.589. The first-order valence-corrected chi connectivity index (χ1v) is 10.6. The van der Waals surface area contributed by atoms with Gasteiger partial charge in [-0.15, -0.1) is 0 Å². The van der Waals surface area contributed by atoms with Crippen LogP contribution >= 0.6 is 11.6 Å². The minimum Gasteiger partial charge on any atom is -0.460 e. The van der Waals surface area contributed by atoms with E-state index in [9.17, 15) is 4.79 Å². The molecule has 1 fully saturated rings. The van der Waals surface area contributed by atoms with Crippen molar-refractivity contribution >= 4 is 23.2 Å². The van der Waals surface area contributed by atoms with Gasteiger partial charge in [0.15, 0.2) is 0 Å². The number of hydrogen-bond acceptors (Lipinski definition) is 4. The number of hydrogen-bond donors (Lipinski definition) is 0. The van der Waals surface area contributed by atoms with Crippen LogP contribution in [-0.2, 0) is 11.3 Å². The van der Waals surface area contributed by atoms with E-state index in [1.54, 1.807) is 0 Å². The Morgan fingerprint density at radius 3 is 2.37 bits per heavy atom. The van der Waals surface area contributed by atoms with Gasteiger partial charge in [0.25, 0.3) is 0 Å². The fraction of sp³-hybridized carbons (Fsp3) is 0.292. The molecule has 0 atom stereocenters. The van der Waals surface area contributed by atoms with Crippen molar-refractivity contribution in [3.05, 3.63) is 77.5 Å². The molecular weight excluding hydrogens is 398 g/mol. The molecule has 1 aromatic heterocycles. The normalized spacial score (nSPS) is 14.4. The van der Waals surface area contributed by atoms with E-state index < -0.39 is 0 Å². The standard InChI is InChI=1S/C24H26ClN3O2/c1-26(17-22-11-12-23(30-22)19-7-9-20(25)10-8-19)18-24(29)28-15-13-27(14-16-28)21-5-3-2-4-6-21/h2-12H,13-18H2,1H3. The average Bonchev–Trinajstić information content (AvgIpc) is 3.23. The Balaban J connectivity index is 1.27. The highest BCUT2D eigenvalue weighted by Gasteiger charge is 2.22. The van der Waals surface area contributed by atoms with Gasteiger partial charge in [-0.2, -0.15) is 0 Å². The zero-order chi connectivity index (χ0) is 20.9. The summed E-state index contributed by atoms with van der Waals surface area (Å²) in [5.74, 6) is 1.80. The highest BCUT2D eigenvalue weighted by molar-refractivity contribution is 6.30. The molecule has 0 N–H and O–H groups in total. The molecule has 1 saturated heterocycles. The van der Waals surface area contributed by atoms with Gasteiger partial charge in [-0.05, 0) is 55.6 Å². The minimum atomic E-state index is 0.162. The number of rotatable bonds is 6. The highest BCUT2D eigenvalue weighted by atomic mass is 35.5. The maximum absolute atomic E-state index is 12.7. The predicted octanol–water partition coefficient (Wildman–Crippen LogP) is 4.38. The Hall–Kier alpha value is -2.76. The van der Waals surface area contributed by atoms with Gasteiger partial charge >= 0.3 is 0 Å². The zero-order valence-corrected chi connectivity index (χ0v) is 17.9. The SMILES string of the molecule is CN(CC(=O)N1CCN(c2ccccc2)CC1)Cc1ccc(-c2ccc(Cl)cc2)o1. The lowest BCUT2D eigenvalue weighted by atomic mass is 10.2. The first-order valence-electron chi connectivity index (χ1n) is 10.2. The number of nitrogens with zero attached hydrogens (tertiary/aromatic N) is 3. The van der Waals surface area contributed by atoms with Crippen LogP contribution in [0.25, 0.3) is 11.3 Å². The number of anilines is 1. The lowest BCUT2D eigenvalue weighted by molar-refractivity contribution is -0.132. The molecule has 1 amide bonds. The second-order valence-corrected chi connectivity index (χ2v) is 8.08. The molecule has 156 valence electrons. The number of halogens is 1. The lowest BCUT2D eigenvalue weighted by Crippen LogP contribution is -2.51. The Kier molecular flexibility index (Phi) is 6.41. The summed E-state index contributed by atoms with van der Waals surface area (Å²) in [7, 11) is 1.95. The summed E-state index contributed by atoms with van der Waals surface area (Å²) in [5, 5.41) is 0.702. The van der Waals surface area contributed by atoms with E-state index in [1.165, 1.54) is 5.69 Å². The number of furan rings is 1. The number of likely N-dealkylation sites (N-methyl/N-ethyl adjacent to an activating group) is 1. The van der Waals surface area contributed by atoms with E-state index in [4.69, 9.17) is 16.0 Å². The number of amides is 1. The summed E-state index contributed by atoms with van der Waals surface area (Å²) < 4.78 is 5.95. The van der Waals surface area contributed by atoms with Crippen LogP contribution in [0.2, 0.25) is 5.02 Å². The first-order chi connectivity index (χ1) is 14.6. The zero-order valence-electron chi connectivity index (χ0n) is 17.1. The van der Waals surface area contributed by atoms with Crippen molar-refractivity contribution in [3.63, 3.8) is 0 Å². The molecule has 3 aromatic rings. The van der Waals surface area contributed by atoms with Crippen LogP contribution in [0.15, 0.2) is 71.1 Å². The summed E-state index contributed by atoms with van der Waals surface area (Å²) in [6.45, 7) is 4.20. The molecule has 6 heteroatoms. The van der Waals surface area contributed by atoms with Gasteiger partial charge in [0, 0.05) is 42.5 Å². The second kappa shape index (κ2) is 9.37. The van der Waals surface area contributed by atoms with Crippen LogP contribution < -0.4 is 4.90 Å². The van der Waals surface area contributed by atoms with E-state index in [0.29, 0.717) is 18.1 Å². The summed E-state index contributed by atoms with van der Waals surface area (Å²) in [6, 6.07) is 21.9. The third-order valence-corrected chi connectivity index (χ3v) is 5.63.